The largest absolute Gasteiger partial charge is 0.505 e. The zero-order chi connectivity index (χ0) is 31.5. The normalized spacial score (nSPS) is 14.0. The maximum atomic E-state index is 13.0. The molecular formula is C34H43N5O5. The number of phenols is 1. The molecule has 10 nitrogen and oxygen atoms in total. The van der Waals surface area contributed by atoms with E-state index in [1.807, 2.05) is 12.1 Å². The number of rotatable bonds is 7. The number of phenolic OH excluding ortho intramolecular Hbond substituents is 1. The number of hydrogen-bond donors (Lipinski definition) is 4. The number of fused-ring (bicyclic) bond motifs is 1. The monoisotopic (exact) mass is 601 g/mol. The van der Waals surface area contributed by atoms with Gasteiger partial charge < -0.3 is 19.9 Å². The number of aromatic amines is 1. The second-order valence-electron chi connectivity index (χ2n) is 11.0. The first-order chi connectivity index (χ1) is 21.3. The van der Waals surface area contributed by atoms with Crippen LogP contribution in [0.2, 0.25) is 0 Å². The number of unbranched alkanes of at least 4 members (excludes halogenated alkanes) is 2. The number of carbonyl (C=O) groups is 1. The van der Waals surface area contributed by atoms with Gasteiger partial charge in [0.2, 0.25) is 5.76 Å². The molecule has 6 rings (SSSR count). The molecule has 234 valence electrons. The number of aryl methyl sites for hydroxylation is 3. The molecule has 1 aliphatic carbocycles. The van der Waals surface area contributed by atoms with Gasteiger partial charge in [-0.25, -0.2) is 9.48 Å². The summed E-state index contributed by atoms with van der Waals surface area (Å²) in [6.07, 6.45) is 11.5. The molecule has 1 saturated heterocycles. The lowest BCUT2D eigenvalue weighted by atomic mass is 10.1. The molecule has 0 unspecified atom stereocenters. The third-order valence-corrected chi connectivity index (χ3v) is 7.65. The number of benzene rings is 2. The Labute approximate surface area is 257 Å². The van der Waals surface area contributed by atoms with Crippen molar-refractivity contribution in [3.05, 3.63) is 81.5 Å². The van der Waals surface area contributed by atoms with Crippen molar-refractivity contribution >= 4 is 17.3 Å². The molecule has 4 N–H and O–H groups in total. The molecular weight excluding hydrogens is 558 g/mol. The van der Waals surface area contributed by atoms with Gasteiger partial charge in [0.15, 0.2) is 11.4 Å². The maximum Gasteiger partial charge on any atom is 0.371 e. The lowest BCUT2D eigenvalue weighted by Crippen LogP contribution is -2.21. The molecule has 0 bridgehead atoms. The molecule has 0 spiro atoms. The van der Waals surface area contributed by atoms with Gasteiger partial charge in [0, 0.05) is 0 Å². The van der Waals surface area contributed by atoms with Gasteiger partial charge in [-0.15, -0.1) is 10.2 Å². The fourth-order valence-corrected chi connectivity index (χ4v) is 5.20. The molecule has 10 heteroatoms. The minimum absolute atomic E-state index is 0.116. The van der Waals surface area contributed by atoms with Crippen LogP contribution >= 0.6 is 0 Å². The minimum Gasteiger partial charge on any atom is -0.505 e. The van der Waals surface area contributed by atoms with Crippen molar-refractivity contribution in [2.24, 2.45) is 10.2 Å². The number of nitrogens with one attached hydrogen (secondary N) is 2. The standard InChI is InChI=1S/C24H20N4O5.C5H11N.C5H12/c1-13-21(23(30)28(27-13)16-9-8-14-4-2-5-15(14)12-16)26-25-18-7-3-6-17(22(18)29)19-10-11-20(33-19)24(31)32;1-2-4-6-5-3-1;1-3-5-4-2/h3,6-12,27,29H,2,4-5H2,1H3,(H,31,32);6H,1-5H2;3-5H2,1-2H3. The zero-order valence-electron chi connectivity index (χ0n) is 25.9. The number of azo groups is 1. The van der Waals surface area contributed by atoms with Gasteiger partial charge in [-0.05, 0) is 99.6 Å². The van der Waals surface area contributed by atoms with Crippen LogP contribution in [0, 0.1) is 6.92 Å². The van der Waals surface area contributed by atoms with Gasteiger partial charge in [-0.2, -0.15) is 0 Å². The highest BCUT2D eigenvalue weighted by atomic mass is 16.4. The Bertz CT molecular complexity index is 1610. The van der Waals surface area contributed by atoms with Crippen LogP contribution in [0.5, 0.6) is 5.75 Å². The van der Waals surface area contributed by atoms with E-state index in [9.17, 15) is 14.7 Å². The summed E-state index contributed by atoms with van der Waals surface area (Å²) in [5, 5.41) is 34.2. The van der Waals surface area contributed by atoms with Crippen molar-refractivity contribution in [1.29, 1.82) is 0 Å². The first-order valence-corrected chi connectivity index (χ1v) is 15.6. The number of aromatic carboxylic acids is 1. The van der Waals surface area contributed by atoms with E-state index in [2.05, 4.69) is 40.6 Å². The summed E-state index contributed by atoms with van der Waals surface area (Å²) < 4.78 is 6.70. The van der Waals surface area contributed by atoms with Crippen LogP contribution in [-0.4, -0.2) is 39.1 Å². The second-order valence-corrected chi connectivity index (χ2v) is 11.0. The molecule has 2 aromatic carbocycles. The van der Waals surface area contributed by atoms with E-state index in [1.165, 1.54) is 85.6 Å². The molecule has 0 atom stereocenters. The van der Waals surface area contributed by atoms with Crippen molar-refractivity contribution in [3.8, 4) is 22.8 Å². The van der Waals surface area contributed by atoms with Crippen LogP contribution in [0.4, 0.5) is 11.4 Å². The number of aromatic nitrogens is 2. The number of carboxylic acids is 1. The molecule has 1 fully saturated rings. The van der Waals surface area contributed by atoms with Gasteiger partial charge >= 0.3 is 5.97 Å². The molecule has 2 aromatic heterocycles. The van der Waals surface area contributed by atoms with Crippen LogP contribution < -0.4 is 10.9 Å². The molecule has 2 aliphatic rings. The number of para-hydroxylation sites is 1. The van der Waals surface area contributed by atoms with Crippen molar-refractivity contribution < 1.29 is 19.4 Å². The number of aromatic hydroxyl groups is 1. The van der Waals surface area contributed by atoms with Crippen molar-refractivity contribution in [2.45, 2.75) is 78.6 Å². The van der Waals surface area contributed by atoms with E-state index in [1.54, 1.807) is 19.1 Å². The highest BCUT2D eigenvalue weighted by Crippen LogP contribution is 2.38. The summed E-state index contributed by atoms with van der Waals surface area (Å²) >= 11 is 0. The second kappa shape index (κ2) is 15.9. The van der Waals surface area contributed by atoms with E-state index in [0.717, 1.165) is 24.9 Å². The molecule has 0 saturated carbocycles. The predicted molar refractivity (Wildman–Crippen MR) is 172 cm³/mol. The van der Waals surface area contributed by atoms with Gasteiger partial charge in [-0.3, -0.25) is 9.89 Å². The Morgan fingerprint density at radius 3 is 2.32 bits per heavy atom. The highest BCUT2D eigenvalue weighted by Gasteiger charge is 2.18. The summed E-state index contributed by atoms with van der Waals surface area (Å²) in [4.78, 5) is 24.1. The lowest BCUT2D eigenvalue weighted by Gasteiger charge is -2.08. The molecule has 0 radical (unpaired) electrons. The molecule has 44 heavy (non-hydrogen) atoms. The average molecular weight is 602 g/mol. The minimum atomic E-state index is -1.21. The molecule has 4 aromatic rings. The van der Waals surface area contributed by atoms with E-state index in [-0.39, 0.29) is 39.8 Å². The van der Waals surface area contributed by atoms with Crippen LogP contribution in [0.25, 0.3) is 17.0 Å². The smallest absolute Gasteiger partial charge is 0.371 e. The average Bonchev–Trinajstić information content (AvgIpc) is 3.78. The highest BCUT2D eigenvalue weighted by molar-refractivity contribution is 5.85. The van der Waals surface area contributed by atoms with Crippen LogP contribution in [0.3, 0.4) is 0 Å². The van der Waals surface area contributed by atoms with E-state index in [4.69, 9.17) is 9.52 Å². The number of piperidine rings is 1. The quantitative estimate of drug-likeness (QED) is 0.158. The third kappa shape index (κ3) is 8.13. The van der Waals surface area contributed by atoms with Gasteiger partial charge in [0.1, 0.15) is 11.4 Å². The molecule has 0 amide bonds. The van der Waals surface area contributed by atoms with Gasteiger partial charge in [-0.1, -0.05) is 51.7 Å². The first kappa shape index (κ1) is 32.5. The van der Waals surface area contributed by atoms with Gasteiger partial charge in [0.05, 0.1) is 16.9 Å². The maximum absolute atomic E-state index is 13.0. The number of nitrogens with zero attached hydrogens (tertiary/aromatic N) is 3. The number of hydrogen-bond acceptors (Lipinski definition) is 7. The summed E-state index contributed by atoms with van der Waals surface area (Å²) in [7, 11) is 0. The van der Waals surface area contributed by atoms with Crippen molar-refractivity contribution in [2.75, 3.05) is 13.1 Å². The SMILES string of the molecule is C1CCNCC1.CCCCC.Cc1[nH]n(-c2ccc3c(c2)CCC3)c(=O)c1N=Nc1cccc(-c2ccc(C(=O)O)o2)c1O. The summed E-state index contributed by atoms with van der Waals surface area (Å²) in [5.74, 6) is -1.51. The Hall–Kier alpha value is -4.44. The number of H-pyrrole nitrogens is 1. The summed E-state index contributed by atoms with van der Waals surface area (Å²) in [6, 6.07) is 13.5. The Morgan fingerprint density at radius 1 is 0.955 bits per heavy atom. The van der Waals surface area contributed by atoms with E-state index >= 15 is 0 Å². The Kier molecular flexibility index (Phi) is 11.7. The topological polar surface area (TPSA) is 145 Å². The molecule has 1 aliphatic heterocycles. The fourth-order valence-electron chi connectivity index (χ4n) is 5.20. The van der Waals surface area contributed by atoms with Gasteiger partial charge in [0.25, 0.3) is 5.56 Å². The Morgan fingerprint density at radius 2 is 1.70 bits per heavy atom. The third-order valence-electron chi connectivity index (χ3n) is 7.65. The number of carboxylic acid groups (broad SMARTS) is 1. The van der Waals surface area contributed by atoms with E-state index in [0.29, 0.717) is 5.69 Å². The van der Waals surface area contributed by atoms with Crippen LogP contribution in [-0.2, 0) is 12.8 Å². The molecule has 3 heterocycles. The Balaban J connectivity index is 0.000000341. The summed E-state index contributed by atoms with van der Waals surface area (Å²) in [6.45, 7) is 8.65. The van der Waals surface area contributed by atoms with Crippen LogP contribution in [0.1, 0.15) is 86.2 Å². The predicted octanol–water partition coefficient (Wildman–Crippen LogP) is 8.00. The zero-order valence-corrected chi connectivity index (χ0v) is 25.9. The first-order valence-electron chi connectivity index (χ1n) is 15.6. The van der Waals surface area contributed by atoms with Crippen molar-refractivity contribution in [3.63, 3.8) is 0 Å². The van der Waals surface area contributed by atoms with Crippen LogP contribution in [0.15, 0.2) is 68.0 Å². The van der Waals surface area contributed by atoms with E-state index < -0.39 is 5.97 Å². The lowest BCUT2D eigenvalue weighted by molar-refractivity contribution is 0.0663. The summed E-state index contributed by atoms with van der Waals surface area (Å²) in [5.41, 5.74) is 4.01. The fraction of sp³-hybridized carbons (Fsp3) is 0.412. The van der Waals surface area contributed by atoms with Crippen molar-refractivity contribution in [1.82, 2.24) is 15.1 Å². The number of furan rings is 1.